The van der Waals surface area contributed by atoms with Crippen molar-refractivity contribution in [3.8, 4) is 0 Å². The molecule has 1 aliphatic rings. The van der Waals surface area contributed by atoms with E-state index in [1.54, 1.807) is 30.4 Å². The van der Waals surface area contributed by atoms with Crippen molar-refractivity contribution in [1.29, 1.82) is 0 Å². The van der Waals surface area contributed by atoms with Crippen molar-refractivity contribution in [2.75, 3.05) is 26.7 Å². The molecule has 3 heterocycles. The second-order valence-electron chi connectivity index (χ2n) is 6.64. The summed E-state index contributed by atoms with van der Waals surface area (Å²) in [5.74, 6) is -0.405. The number of carbonyl (C=O) groups excluding carboxylic acids is 2. The van der Waals surface area contributed by atoms with Gasteiger partial charge < -0.3 is 15.0 Å². The molecule has 0 radical (unpaired) electrons. The lowest BCUT2D eigenvalue weighted by molar-refractivity contribution is 0.0796. The summed E-state index contributed by atoms with van der Waals surface area (Å²) in [6.07, 6.45) is 9.23. The summed E-state index contributed by atoms with van der Waals surface area (Å²) in [6, 6.07) is 5.45. The molecule has 2 aromatic heterocycles. The van der Waals surface area contributed by atoms with Gasteiger partial charge in [0, 0.05) is 51.5 Å². The van der Waals surface area contributed by atoms with Crippen LogP contribution in [-0.4, -0.2) is 59.5 Å². The van der Waals surface area contributed by atoms with Crippen LogP contribution in [0.5, 0.6) is 0 Å². The average Bonchev–Trinajstić information content (AvgIpc) is 3.24. The molecule has 2 aromatic rings. The van der Waals surface area contributed by atoms with Crippen molar-refractivity contribution < 1.29 is 14.3 Å². The normalized spacial score (nSPS) is 16.1. The molecule has 1 N–H and O–H groups in total. The number of amides is 2. The van der Waals surface area contributed by atoms with Crippen LogP contribution in [0, 0.1) is 0 Å². The lowest BCUT2D eigenvalue weighted by Gasteiger charge is -2.17. The van der Waals surface area contributed by atoms with Gasteiger partial charge in [0.15, 0.2) is 0 Å². The van der Waals surface area contributed by atoms with Gasteiger partial charge in [-0.2, -0.15) is 0 Å². The molecule has 1 aliphatic heterocycles. The number of hydrogen-bond donors (Lipinski definition) is 1. The Bertz CT molecular complexity index is 776. The number of aromatic nitrogens is 2. The zero-order valence-corrected chi connectivity index (χ0v) is 15.4. The van der Waals surface area contributed by atoms with Gasteiger partial charge in [0.1, 0.15) is 0 Å². The molecule has 27 heavy (non-hydrogen) atoms. The summed E-state index contributed by atoms with van der Waals surface area (Å²) >= 11 is 0. The first-order valence-corrected chi connectivity index (χ1v) is 9.12. The summed E-state index contributed by atoms with van der Waals surface area (Å²) in [5, 5.41) is 2.85. The summed E-state index contributed by atoms with van der Waals surface area (Å²) in [4.78, 5) is 34.6. The molecule has 1 atom stereocenters. The van der Waals surface area contributed by atoms with E-state index in [-0.39, 0.29) is 17.9 Å². The Morgan fingerprint density at radius 3 is 2.74 bits per heavy atom. The maximum Gasteiger partial charge on any atom is 0.255 e. The van der Waals surface area contributed by atoms with Crippen molar-refractivity contribution in [3.63, 3.8) is 0 Å². The van der Waals surface area contributed by atoms with Crippen molar-refractivity contribution in [1.82, 2.24) is 20.2 Å². The van der Waals surface area contributed by atoms with Gasteiger partial charge in [0.05, 0.1) is 17.2 Å². The lowest BCUT2D eigenvalue weighted by Crippen LogP contribution is -2.32. The van der Waals surface area contributed by atoms with E-state index in [2.05, 4.69) is 15.3 Å². The Balaban J connectivity index is 1.56. The van der Waals surface area contributed by atoms with Gasteiger partial charge in [0.25, 0.3) is 11.8 Å². The van der Waals surface area contributed by atoms with E-state index in [0.29, 0.717) is 24.2 Å². The first-order valence-electron chi connectivity index (χ1n) is 9.12. The van der Waals surface area contributed by atoms with Crippen LogP contribution in [0.1, 0.15) is 39.1 Å². The van der Waals surface area contributed by atoms with Crippen LogP contribution in [0.3, 0.4) is 0 Å². The molecular formula is C20H24N4O3. The standard InChI is InChI=1S/C20H24N4O3/c1-24(9-6-15-4-7-21-8-5-15)20(26)17-11-16(12-22-13-17)19(25)23-14-18-3-2-10-27-18/h4-5,7-8,11-13,18H,2-3,6,9-10,14H2,1H3,(H,23,25). The van der Waals surface area contributed by atoms with E-state index in [0.717, 1.165) is 31.4 Å². The van der Waals surface area contributed by atoms with Gasteiger partial charge in [-0.15, -0.1) is 0 Å². The fraction of sp³-hybridized carbons (Fsp3) is 0.400. The van der Waals surface area contributed by atoms with E-state index in [9.17, 15) is 9.59 Å². The van der Waals surface area contributed by atoms with Gasteiger partial charge in [-0.1, -0.05) is 0 Å². The number of likely N-dealkylation sites (N-methyl/N-ethyl adjacent to an activating group) is 1. The molecule has 0 spiro atoms. The third-order valence-electron chi connectivity index (χ3n) is 4.59. The average molecular weight is 368 g/mol. The number of carbonyl (C=O) groups is 2. The molecule has 3 rings (SSSR count). The van der Waals surface area contributed by atoms with E-state index in [1.165, 1.54) is 12.4 Å². The van der Waals surface area contributed by atoms with E-state index >= 15 is 0 Å². The molecule has 0 aliphatic carbocycles. The maximum absolute atomic E-state index is 12.6. The number of nitrogens with zero attached hydrogens (tertiary/aromatic N) is 3. The predicted octanol–water partition coefficient (Wildman–Crippen LogP) is 1.70. The fourth-order valence-corrected chi connectivity index (χ4v) is 2.96. The first kappa shape index (κ1) is 19.0. The first-order chi connectivity index (χ1) is 13.1. The molecular weight excluding hydrogens is 344 g/mol. The van der Waals surface area contributed by atoms with Gasteiger partial charge in [-0.3, -0.25) is 19.6 Å². The molecule has 142 valence electrons. The summed E-state index contributed by atoms with van der Waals surface area (Å²) in [5.41, 5.74) is 1.89. The Kier molecular flexibility index (Phi) is 6.49. The van der Waals surface area contributed by atoms with Gasteiger partial charge in [-0.25, -0.2) is 0 Å². The number of pyridine rings is 2. The molecule has 7 heteroatoms. The molecule has 7 nitrogen and oxygen atoms in total. The maximum atomic E-state index is 12.6. The second kappa shape index (κ2) is 9.23. The SMILES string of the molecule is CN(CCc1ccncc1)C(=O)c1cncc(C(=O)NCC2CCCO2)c1. The summed E-state index contributed by atoms with van der Waals surface area (Å²) in [6.45, 7) is 1.79. The van der Waals surface area contributed by atoms with Gasteiger partial charge in [0.2, 0.25) is 0 Å². The van der Waals surface area contributed by atoms with Crippen LogP contribution in [-0.2, 0) is 11.2 Å². The third-order valence-corrected chi connectivity index (χ3v) is 4.59. The molecule has 2 amide bonds. The fourth-order valence-electron chi connectivity index (χ4n) is 2.96. The number of hydrogen-bond acceptors (Lipinski definition) is 5. The van der Waals surface area contributed by atoms with Crippen molar-refractivity contribution in [3.05, 3.63) is 59.7 Å². The Morgan fingerprint density at radius 1 is 1.22 bits per heavy atom. The van der Waals surface area contributed by atoms with Crippen LogP contribution in [0.25, 0.3) is 0 Å². The van der Waals surface area contributed by atoms with Crippen molar-refractivity contribution >= 4 is 11.8 Å². The zero-order valence-electron chi connectivity index (χ0n) is 15.4. The monoisotopic (exact) mass is 368 g/mol. The third kappa shape index (κ3) is 5.34. The zero-order chi connectivity index (χ0) is 19.1. The quantitative estimate of drug-likeness (QED) is 0.804. The predicted molar refractivity (Wildman–Crippen MR) is 100 cm³/mol. The highest BCUT2D eigenvalue weighted by Gasteiger charge is 2.18. The van der Waals surface area contributed by atoms with Gasteiger partial charge >= 0.3 is 0 Å². The van der Waals surface area contributed by atoms with Crippen LogP contribution in [0.15, 0.2) is 43.0 Å². The molecule has 0 saturated carbocycles. The number of rotatable bonds is 7. The summed E-state index contributed by atoms with van der Waals surface area (Å²) in [7, 11) is 1.74. The number of nitrogens with one attached hydrogen (secondary N) is 1. The Labute approximate surface area is 158 Å². The van der Waals surface area contributed by atoms with E-state index in [1.807, 2.05) is 12.1 Å². The Morgan fingerprint density at radius 2 is 2.00 bits per heavy atom. The molecule has 0 bridgehead atoms. The van der Waals surface area contributed by atoms with Crippen LogP contribution >= 0.6 is 0 Å². The van der Waals surface area contributed by atoms with Crippen LogP contribution < -0.4 is 5.32 Å². The van der Waals surface area contributed by atoms with E-state index < -0.39 is 0 Å². The highest BCUT2D eigenvalue weighted by Crippen LogP contribution is 2.11. The molecule has 1 fully saturated rings. The number of ether oxygens (including phenoxy) is 1. The van der Waals surface area contributed by atoms with Crippen molar-refractivity contribution in [2.45, 2.75) is 25.4 Å². The second-order valence-corrected chi connectivity index (χ2v) is 6.64. The Hall–Kier alpha value is -2.80. The van der Waals surface area contributed by atoms with Crippen molar-refractivity contribution in [2.24, 2.45) is 0 Å². The molecule has 1 saturated heterocycles. The summed E-state index contributed by atoms with van der Waals surface area (Å²) < 4.78 is 5.50. The van der Waals surface area contributed by atoms with Crippen LogP contribution in [0.4, 0.5) is 0 Å². The van der Waals surface area contributed by atoms with Crippen LogP contribution in [0.2, 0.25) is 0 Å². The highest BCUT2D eigenvalue weighted by molar-refractivity contribution is 5.99. The molecule has 0 aromatic carbocycles. The molecule has 1 unspecified atom stereocenters. The van der Waals surface area contributed by atoms with E-state index in [4.69, 9.17) is 4.74 Å². The minimum atomic E-state index is -0.243. The highest BCUT2D eigenvalue weighted by atomic mass is 16.5. The smallest absolute Gasteiger partial charge is 0.255 e. The minimum Gasteiger partial charge on any atom is -0.376 e. The largest absolute Gasteiger partial charge is 0.376 e. The minimum absolute atomic E-state index is 0.0750. The lowest BCUT2D eigenvalue weighted by atomic mass is 10.1. The topological polar surface area (TPSA) is 84.4 Å². The van der Waals surface area contributed by atoms with Gasteiger partial charge in [-0.05, 0) is 43.0 Å².